The quantitative estimate of drug-likeness (QED) is 0.765. The van der Waals surface area contributed by atoms with Crippen LogP contribution in [-0.4, -0.2) is 47.3 Å². The minimum Gasteiger partial charge on any atom is -0.392 e. The molecule has 2 aliphatic heterocycles. The minimum atomic E-state index is -0.0923. The smallest absolute Gasteiger partial charge is 0.0693 e. The van der Waals surface area contributed by atoms with Gasteiger partial charge in [0, 0.05) is 18.1 Å². The molecule has 3 rings (SSSR count). The highest BCUT2D eigenvalue weighted by molar-refractivity contribution is 4.92. The van der Waals surface area contributed by atoms with E-state index in [1.54, 1.807) is 0 Å². The van der Waals surface area contributed by atoms with Crippen molar-refractivity contribution >= 4 is 0 Å². The molecule has 2 heterocycles. The molecule has 98 valence electrons. The molecule has 0 amide bonds. The third-order valence-electron chi connectivity index (χ3n) is 5.00. The first-order valence-corrected chi connectivity index (χ1v) is 7.51. The lowest BCUT2D eigenvalue weighted by molar-refractivity contribution is 0.0723. The van der Waals surface area contributed by atoms with Crippen molar-refractivity contribution in [2.75, 3.05) is 13.1 Å². The summed E-state index contributed by atoms with van der Waals surface area (Å²) in [5.41, 5.74) is 0. The molecule has 3 fully saturated rings. The van der Waals surface area contributed by atoms with E-state index in [9.17, 15) is 5.11 Å². The number of piperidine rings is 1. The number of rotatable bonds is 2. The number of aliphatic hydroxyl groups excluding tert-OH is 1. The Morgan fingerprint density at radius 1 is 0.941 bits per heavy atom. The van der Waals surface area contributed by atoms with Crippen LogP contribution in [0.5, 0.6) is 0 Å². The van der Waals surface area contributed by atoms with E-state index < -0.39 is 0 Å². The van der Waals surface area contributed by atoms with Gasteiger partial charge in [0.2, 0.25) is 0 Å². The maximum absolute atomic E-state index is 10.0. The molecule has 0 spiro atoms. The predicted octanol–water partition coefficient (Wildman–Crippen LogP) is 1.51. The molecular weight excluding hydrogens is 212 g/mol. The number of fused-ring (bicyclic) bond motifs is 1. The fourth-order valence-corrected chi connectivity index (χ4v) is 3.98. The van der Waals surface area contributed by atoms with Gasteiger partial charge in [-0.1, -0.05) is 12.8 Å². The summed E-state index contributed by atoms with van der Waals surface area (Å²) in [4.78, 5) is 2.66. The lowest BCUT2D eigenvalue weighted by Gasteiger charge is -2.39. The van der Waals surface area contributed by atoms with E-state index >= 15 is 0 Å². The Morgan fingerprint density at radius 3 is 2.71 bits per heavy atom. The second-order valence-corrected chi connectivity index (χ2v) is 6.18. The molecule has 3 nitrogen and oxygen atoms in total. The topological polar surface area (TPSA) is 35.5 Å². The molecule has 1 saturated carbocycles. The largest absolute Gasteiger partial charge is 0.392 e. The van der Waals surface area contributed by atoms with Gasteiger partial charge in [0.15, 0.2) is 0 Å². The normalized spacial score (nSPS) is 43.6. The van der Waals surface area contributed by atoms with Crippen molar-refractivity contribution in [3.63, 3.8) is 0 Å². The van der Waals surface area contributed by atoms with E-state index in [0.717, 1.165) is 12.5 Å². The summed E-state index contributed by atoms with van der Waals surface area (Å²) in [6.07, 6.45) is 9.95. The molecule has 0 bridgehead atoms. The van der Waals surface area contributed by atoms with Crippen molar-refractivity contribution in [2.24, 2.45) is 0 Å². The number of nitrogens with one attached hydrogen (secondary N) is 1. The first-order chi connectivity index (χ1) is 8.33. The van der Waals surface area contributed by atoms with E-state index in [1.165, 1.54) is 58.0 Å². The van der Waals surface area contributed by atoms with Gasteiger partial charge in [0.25, 0.3) is 0 Å². The Labute approximate surface area is 105 Å². The van der Waals surface area contributed by atoms with E-state index in [0.29, 0.717) is 12.1 Å². The molecular formula is C14H26N2O. The van der Waals surface area contributed by atoms with E-state index in [4.69, 9.17) is 0 Å². The maximum atomic E-state index is 10.0. The molecule has 0 aromatic heterocycles. The van der Waals surface area contributed by atoms with Crippen LogP contribution < -0.4 is 5.32 Å². The fraction of sp³-hybridized carbons (Fsp3) is 1.00. The van der Waals surface area contributed by atoms with Crippen molar-refractivity contribution in [1.82, 2.24) is 10.2 Å². The van der Waals surface area contributed by atoms with Crippen molar-refractivity contribution in [3.8, 4) is 0 Å². The fourth-order valence-electron chi connectivity index (χ4n) is 3.98. The summed E-state index contributed by atoms with van der Waals surface area (Å²) in [6.45, 7) is 2.59. The average Bonchev–Trinajstić information content (AvgIpc) is 2.79. The Hall–Kier alpha value is -0.120. The lowest BCUT2D eigenvalue weighted by atomic mass is 9.90. The lowest BCUT2D eigenvalue weighted by Crippen LogP contribution is -2.52. The molecule has 1 aliphatic carbocycles. The van der Waals surface area contributed by atoms with Crippen molar-refractivity contribution in [3.05, 3.63) is 0 Å². The van der Waals surface area contributed by atoms with E-state index in [2.05, 4.69) is 10.2 Å². The van der Waals surface area contributed by atoms with Crippen LogP contribution in [-0.2, 0) is 0 Å². The van der Waals surface area contributed by atoms with Crippen LogP contribution in [0.3, 0.4) is 0 Å². The Kier molecular flexibility index (Phi) is 3.69. The maximum Gasteiger partial charge on any atom is 0.0693 e. The van der Waals surface area contributed by atoms with Crippen LogP contribution in [0.25, 0.3) is 0 Å². The summed E-state index contributed by atoms with van der Waals surface area (Å²) in [5.74, 6) is 0. The highest BCUT2D eigenvalue weighted by Crippen LogP contribution is 2.28. The first-order valence-electron chi connectivity index (χ1n) is 7.51. The van der Waals surface area contributed by atoms with Gasteiger partial charge in [-0.2, -0.15) is 0 Å². The van der Waals surface area contributed by atoms with Gasteiger partial charge in [-0.05, 0) is 51.6 Å². The van der Waals surface area contributed by atoms with Gasteiger partial charge in [0.1, 0.15) is 0 Å². The zero-order chi connectivity index (χ0) is 11.7. The summed E-state index contributed by atoms with van der Waals surface area (Å²) >= 11 is 0. The molecule has 0 aromatic rings. The van der Waals surface area contributed by atoms with E-state index in [1.807, 2.05) is 0 Å². The van der Waals surface area contributed by atoms with Crippen molar-refractivity contribution in [1.29, 1.82) is 0 Å². The Bertz CT molecular complexity index is 259. The van der Waals surface area contributed by atoms with Crippen molar-refractivity contribution in [2.45, 2.75) is 75.6 Å². The SMILES string of the molecule is O[C@H]1CCCC[C@@H]1NC1CCN2CCCC2C1. The van der Waals surface area contributed by atoms with Crippen LogP contribution in [0.1, 0.15) is 51.4 Å². The molecule has 17 heavy (non-hydrogen) atoms. The second-order valence-electron chi connectivity index (χ2n) is 6.18. The molecule has 2 N–H and O–H groups in total. The van der Waals surface area contributed by atoms with Crippen LogP contribution >= 0.6 is 0 Å². The predicted molar refractivity (Wildman–Crippen MR) is 69.0 cm³/mol. The second kappa shape index (κ2) is 5.25. The molecule has 0 radical (unpaired) electrons. The van der Waals surface area contributed by atoms with Gasteiger partial charge in [-0.15, -0.1) is 0 Å². The van der Waals surface area contributed by atoms with E-state index in [-0.39, 0.29) is 6.10 Å². The summed E-state index contributed by atoms with van der Waals surface area (Å²) in [5, 5.41) is 13.8. The molecule has 4 atom stereocenters. The molecule has 2 unspecified atom stereocenters. The summed E-state index contributed by atoms with van der Waals surface area (Å²) in [6, 6.07) is 1.87. The average molecular weight is 238 g/mol. The van der Waals surface area contributed by atoms with Gasteiger partial charge >= 0.3 is 0 Å². The molecule has 2 saturated heterocycles. The highest BCUT2D eigenvalue weighted by Gasteiger charge is 2.33. The number of hydrogen-bond donors (Lipinski definition) is 2. The Balaban J connectivity index is 1.51. The highest BCUT2D eigenvalue weighted by atomic mass is 16.3. The van der Waals surface area contributed by atoms with Crippen LogP contribution in [0.15, 0.2) is 0 Å². The number of hydrogen-bond acceptors (Lipinski definition) is 3. The molecule has 3 heteroatoms. The number of nitrogens with zero attached hydrogens (tertiary/aromatic N) is 1. The summed E-state index contributed by atoms with van der Waals surface area (Å²) in [7, 11) is 0. The molecule has 3 aliphatic rings. The van der Waals surface area contributed by atoms with Crippen LogP contribution in [0, 0.1) is 0 Å². The Morgan fingerprint density at radius 2 is 1.82 bits per heavy atom. The monoisotopic (exact) mass is 238 g/mol. The zero-order valence-electron chi connectivity index (χ0n) is 10.8. The molecule has 0 aromatic carbocycles. The van der Waals surface area contributed by atoms with Gasteiger partial charge < -0.3 is 15.3 Å². The van der Waals surface area contributed by atoms with Crippen molar-refractivity contribution < 1.29 is 5.11 Å². The standard InChI is InChI=1S/C14H26N2O/c17-14-6-2-1-5-13(14)15-11-7-9-16-8-3-4-12(16)10-11/h11-15,17H,1-10H2/t11?,12?,13-,14-/m0/s1. The van der Waals surface area contributed by atoms with Gasteiger partial charge in [-0.25, -0.2) is 0 Å². The van der Waals surface area contributed by atoms with Crippen LogP contribution in [0.2, 0.25) is 0 Å². The van der Waals surface area contributed by atoms with Crippen LogP contribution in [0.4, 0.5) is 0 Å². The minimum absolute atomic E-state index is 0.0923. The third kappa shape index (κ3) is 2.67. The van der Waals surface area contributed by atoms with Gasteiger partial charge in [-0.3, -0.25) is 0 Å². The first kappa shape index (κ1) is 11.9. The third-order valence-corrected chi connectivity index (χ3v) is 5.00. The summed E-state index contributed by atoms with van der Waals surface area (Å²) < 4.78 is 0. The van der Waals surface area contributed by atoms with Gasteiger partial charge in [0.05, 0.1) is 6.10 Å². The number of aliphatic hydroxyl groups is 1. The zero-order valence-corrected chi connectivity index (χ0v) is 10.8.